The summed E-state index contributed by atoms with van der Waals surface area (Å²) in [4.78, 5) is 13.9. The van der Waals surface area contributed by atoms with Gasteiger partial charge in [-0.15, -0.1) is 0 Å². The van der Waals surface area contributed by atoms with Crippen molar-refractivity contribution in [1.29, 1.82) is 0 Å². The maximum atomic E-state index is 11.8. The van der Waals surface area contributed by atoms with Crippen molar-refractivity contribution in [3.8, 4) is 5.75 Å². The van der Waals surface area contributed by atoms with E-state index in [-0.39, 0.29) is 5.78 Å². The third-order valence-electron chi connectivity index (χ3n) is 3.35. The predicted molar refractivity (Wildman–Crippen MR) is 69.1 cm³/mol. The molecule has 0 bridgehead atoms. The Labute approximate surface area is 106 Å². The highest BCUT2D eigenvalue weighted by molar-refractivity contribution is 6.31. The highest BCUT2D eigenvalue weighted by Gasteiger charge is 2.41. The average molecular weight is 254 g/mol. The minimum atomic E-state index is -0.488. The Bertz CT molecular complexity index is 457. The van der Waals surface area contributed by atoms with Gasteiger partial charge in [0.2, 0.25) is 0 Å². The summed E-state index contributed by atoms with van der Waals surface area (Å²) >= 11 is 6.01. The summed E-state index contributed by atoms with van der Waals surface area (Å²) in [7, 11) is 1.62. The molecule has 0 unspecified atom stereocenters. The molecular formula is C13H16ClNO2. The summed E-state index contributed by atoms with van der Waals surface area (Å²) in [6.45, 7) is 4.58. The quantitative estimate of drug-likeness (QED) is 0.812. The Morgan fingerprint density at radius 3 is 2.65 bits per heavy atom. The first-order valence-corrected chi connectivity index (χ1v) is 5.99. The van der Waals surface area contributed by atoms with Crippen LogP contribution in [0.25, 0.3) is 0 Å². The molecule has 0 radical (unpaired) electrons. The van der Waals surface area contributed by atoms with Crippen molar-refractivity contribution in [2.24, 2.45) is 0 Å². The molecule has 0 atom stereocenters. The second kappa shape index (κ2) is 4.22. The van der Waals surface area contributed by atoms with Gasteiger partial charge in [-0.05, 0) is 32.0 Å². The standard InChI is InChI=1S/C13H16ClNO2/c1-13(2)12(16)6-7-15(13)10-8-9(14)4-5-11(10)17-3/h4-5,8H,6-7H2,1-3H3. The Hall–Kier alpha value is -1.22. The molecule has 4 heteroatoms. The largest absolute Gasteiger partial charge is 0.495 e. The molecule has 0 saturated carbocycles. The third-order valence-corrected chi connectivity index (χ3v) is 3.59. The van der Waals surface area contributed by atoms with Crippen LogP contribution in [0.2, 0.25) is 5.02 Å². The lowest BCUT2D eigenvalue weighted by atomic mass is 10.00. The van der Waals surface area contributed by atoms with E-state index in [1.54, 1.807) is 13.2 Å². The fourth-order valence-electron chi connectivity index (χ4n) is 2.24. The molecule has 0 aliphatic carbocycles. The van der Waals surface area contributed by atoms with E-state index in [0.29, 0.717) is 18.0 Å². The molecule has 92 valence electrons. The smallest absolute Gasteiger partial charge is 0.159 e. The van der Waals surface area contributed by atoms with Gasteiger partial charge in [0.25, 0.3) is 0 Å². The van der Waals surface area contributed by atoms with Gasteiger partial charge in [-0.25, -0.2) is 0 Å². The molecule has 2 rings (SSSR count). The summed E-state index contributed by atoms with van der Waals surface area (Å²) in [6, 6.07) is 5.46. The zero-order chi connectivity index (χ0) is 12.6. The number of anilines is 1. The summed E-state index contributed by atoms with van der Waals surface area (Å²) in [5, 5.41) is 0.649. The molecule has 0 amide bonds. The Morgan fingerprint density at radius 1 is 1.41 bits per heavy atom. The van der Waals surface area contributed by atoms with E-state index in [1.807, 2.05) is 26.0 Å². The monoisotopic (exact) mass is 253 g/mol. The summed E-state index contributed by atoms with van der Waals surface area (Å²) < 4.78 is 5.33. The number of halogens is 1. The number of hydrogen-bond donors (Lipinski definition) is 0. The fourth-order valence-corrected chi connectivity index (χ4v) is 2.41. The molecule has 1 fully saturated rings. The van der Waals surface area contributed by atoms with E-state index < -0.39 is 5.54 Å². The maximum absolute atomic E-state index is 11.8. The van der Waals surface area contributed by atoms with Crippen LogP contribution in [0.5, 0.6) is 5.75 Å². The zero-order valence-corrected chi connectivity index (χ0v) is 11.0. The summed E-state index contributed by atoms with van der Waals surface area (Å²) in [5.74, 6) is 0.997. The second-order valence-electron chi connectivity index (χ2n) is 4.70. The lowest BCUT2D eigenvalue weighted by Gasteiger charge is -2.33. The number of carbonyl (C=O) groups excluding carboxylic acids is 1. The van der Waals surface area contributed by atoms with Crippen LogP contribution in [0, 0.1) is 0 Å². The Kier molecular flexibility index (Phi) is 3.04. The highest BCUT2D eigenvalue weighted by atomic mass is 35.5. The molecular weight excluding hydrogens is 238 g/mol. The number of Topliss-reactive ketones (excluding diaryl/α,β-unsaturated/α-hetero) is 1. The number of nitrogens with zero attached hydrogens (tertiary/aromatic N) is 1. The summed E-state index contributed by atoms with van der Waals surface area (Å²) in [5.41, 5.74) is 0.397. The SMILES string of the molecule is COc1ccc(Cl)cc1N1CCC(=O)C1(C)C. The van der Waals surface area contributed by atoms with Crippen LogP contribution in [0.15, 0.2) is 18.2 Å². The first-order chi connectivity index (χ1) is 7.96. The number of ketones is 1. The lowest BCUT2D eigenvalue weighted by Crippen LogP contribution is -2.43. The molecule has 1 aliphatic rings. The molecule has 1 heterocycles. The van der Waals surface area contributed by atoms with Gasteiger partial charge in [-0.1, -0.05) is 11.6 Å². The van der Waals surface area contributed by atoms with Gasteiger partial charge in [-0.2, -0.15) is 0 Å². The molecule has 1 aromatic carbocycles. The maximum Gasteiger partial charge on any atom is 0.159 e. The van der Waals surface area contributed by atoms with Crippen molar-refractivity contribution in [3.05, 3.63) is 23.2 Å². The fraction of sp³-hybridized carbons (Fsp3) is 0.462. The van der Waals surface area contributed by atoms with Crippen LogP contribution in [-0.2, 0) is 4.79 Å². The third kappa shape index (κ3) is 2.00. The minimum absolute atomic E-state index is 0.250. The number of rotatable bonds is 2. The van der Waals surface area contributed by atoms with Crippen LogP contribution < -0.4 is 9.64 Å². The van der Waals surface area contributed by atoms with Gasteiger partial charge in [0, 0.05) is 18.0 Å². The summed E-state index contributed by atoms with van der Waals surface area (Å²) in [6.07, 6.45) is 0.572. The Morgan fingerprint density at radius 2 is 2.12 bits per heavy atom. The van der Waals surface area contributed by atoms with Gasteiger partial charge >= 0.3 is 0 Å². The zero-order valence-electron chi connectivity index (χ0n) is 10.3. The van der Waals surface area contributed by atoms with Gasteiger partial charge in [0.15, 0.2) is 5.78 Å². The number of hydrogen-bond acceptors (Lipinski definition) is 3. The van der Waals surface area contributed by atoms with Gasteiger partial charge in [0.05, 0.1) is 18.3 Å². The first kappa shape index (κ1) is 12.2. The van der Waals surface area contributed by atoms with Crippen LogP contribution in [0.3, 0.4) is 0 Å². The van der Waals surface area contributed by atoms with Crippen molar-refractivity contribution < 1.29 is 9.53 Å². The molecule has 0 aromatic heterocycles. The first-order valence-electron chi connectivity index (χ1n) is 5.61. The van der Waals surface area contributed by atoms with Crippen LogP contribution in [0.1, 0.15) is 20.3 Å². The number of ether oxygens (including phenoxy) is 1. The van der Waals surface area contributed by atoms with E-state index in [9.17, 15) is 4.79 Å². The van der Waals surface area contributed by atoms with Crippen molar-refractivity contribution in [2.45, 2.75) is 25.8 Å². The lowest BCUT2D eigenvalue weighted by molar-refractivity contribution is -0.120. The van der Waals surface area contributed by atoms with Crippen molar-refractivity contribution in [2.75, 3.05) is 18.6 Å². The van der Waals surface area contributed by atoms with Gasteiger partial charge < -0.3 is 9.64 Å². The van der Waals surface area contributed by atoms with Gasteiger partial charge in [-0.3, -0.25) is 4.79 Å². The average Bonchev–Trinajstić information content (AvgIpc) is 2.54. The minimum Gasteiger partial charge on any atom is -0.495 e. The molecule has 0 spiro atoms. The van der Waals surface area contributed by atoms with E-state index in [4.69, 9.17) is 16.3 Å². The van der Waals surface area contributed by atoms with E-state index in [2.05, 4.69) is 4.90 Å². The van der Waals surface area contributed by atoms with Crippen LogP contribution >= 0.6 is 11.6 Å². The molecule has 0 N–H and O–H groups in total. The highest BCUT2D eigenvalue weighted by Crippen LogP contribution is 2.38. The van der Waals surface area contributed by atoms with Crippen LogP contribution in [0.4, 0.5) is 5.69 Å². The predicted octanol–water partition coefficient (Wildman–Crippen LogP) is 2.91. The van der Waals surface area contributed by atoms with Crippen molar-refractivity contribution >= 4 is 23.1 Å². The second-order valence-corrected chi connectivity index (χ2v) is 5.14. The molecule has 3 nitrogen and oxygen atoms in total. The van der Waals surface area contributed by atoms with Gasteiger partial charge in [0.1, 0.15) is 5.75 Å². The molecule has 1 aliphatic heterocycles. The van der Waals surface area contributed by atoms with E-state index >= 15 is 0 Å². The normalized spacial score (nSPS) is 18.6. The number of benzene rings is 1. The number of carbonyl (C=O) groups is 1. The molecule has 1 aromatic rings. The van der Waals surface area contributed by atoms with E-state index in [0.717, 1.165) is 11.4 Å². The van der Waals surface area contributed by atoms with Crippen LogP contribution in [-0.4, -0.2) is 25.0 Å². The number of methoxy groups -OCH3 is 1. The molecule has 1 saturated heterocycles. The van der Waals surface area contributed by atoms with E-state index in [1.165, 1.54) is 0 Å². The molecule has 17 heavy (non-hydrogen) atoms. The Balaban J connectivity index is 2.47. The van der Waals surface area contributed by atoms with Crippen molar-refractivity contribution in [1.82, 2.24) is 0 Å². The topological polar surface area (TPSA) is 29.5 Å². The van der Waals surface area contributed by atoms with Crippen molar-refractivity contribution in [3.63, 3.8) is 0 Å².